The van der Waals surface area contributed by atoms with Crippen LogP contribution in [0.1, 0.15) is 25.1 Å². The second-order valence-electron chi connectivity index (χ2n) is 6.67. The molecular weight excluding hydrogens is 373 g/mol. The summed E-state index contributed by atoms with van der Waals surface area (Å²) in [5.74, 6) is -2.98. The summed E-state index contributed by atoms with van der Waals surface area (Å²) < 4.78 is 70.8. The number of hydrogen-bond donors (Lipinski definition) is 2. The van der Waals surface area contributed by atoms with E-state index < -0.39 is 30.8 Å². The van der Waals surface area contributed by atoms with Gasteiger partial charge in [0.2, 0.25) is 0 Å². The lowest BCUT2D eigenvalue weighted by molar-refractivity contribution is -0.263. The van der Waals surface area contributed by atoms with E-state index in [9.17, 15) is 22.0 Å². The maximum Gasteiger partial charge on any atom is 0.416 e. The Kier molecular flexibility index (Phi) is 6.38. The summed E-state index contributed by atoms with van der Waals surface area (Å²) in [5.41, 5.74) is 4.34. The summed E-state index contributed by atoms with van der Waals surface area (Å²) in [6.45, 7) is 0.634. The van der Waals surface area contributed by atoms with Gasteiger partial charge < -0.3 is 15.8 Å². The molecule has 0 aliphatic heterocycles. The molecule has 0 unspecified atom stereocenters. The lowest BCUT2D eigenvalue weighted by Gasteiger charge is -2.27. The zero-order valence-corrected chi connectivity index (χ0v) is 15.0. The van der Waals surface area contributed by atoms with E-state index in [4.69, 9.17) is 10.5 Å². The fourth-order valence-corrected chi connectivity index (χ4v) is 2.14. The van der Waals surface area contributed by atoms with Crippen LogP contribution >= 0.6 is 0 Å². The average Bonchev–Trinajstić information content (AvgIpc) is 2.95. The Labute approximate surface area is 152 Å². The standard InChI is InChI=1S/C16H22F5N5O/c1-14(2,16(19,20)21)27-4-3-12-8-26-13(25-12)5-11(7-24-26)6-23-10-15(17,18)9-22/h5,7-8,23H,3-4,6,9-10,22H2,1-2H3. The van der Waals surface area contributed by atoms with E-state index >= 15 is 0 Å². The lowest BCUT2D eigenvalue weighted by Crippen LogP contribution is -2.42. The van der Waals surface area contributed by atoms with Gasteiger partial charge in [0.1, 0.15) is 0 Å². The Morgan fingerprint density at radius 1 is 1.22 bits per heavy atom. The fraction of sp³-hybridized carbons (Fsp3) is 0.625. The van der Waals surface area contributed by atoms with Crippen molar-refractivity contribution < 1.29 is 26.7 Å². The highest BCUT2D eigenvalue weighted by Crippen LogP contribution is 2.32. The van der Waals surface area contributed by atoms with Crippen molar-refractivity contribution in [2.45, 2.75) is 44.5 Å². The van der Waals surface area contributed by atoms with Gasteiger partial charge in [-0.1, -0.05) is 0 Å². The zero-order chi connectivity index (χ0) is 20.3. The lowest BCUT2D eigenvalue weighted by atomic mass is 10.1. The van der Waals surface area contributed by atoms with Crippen molar-refractivity contribution >= 4 is 5.65 Å². The molecule has 152 valence electrons. The predicted molar refractivity (Wildman–Crippen MR) is 88.5 cm³/mol. The van der Waals surface area contributed by atoms with Crippen molar-refractivity contribution in [3.63, 3.8) is 0 Å². The summed E-state index contributed by atoms with van der Waals surface area (Å²) in [6, 6.07) is 1.66. The van der Waals surface area contributed by atoms with Crippen molar-refractivity contribution in [3.05, 3.63) is 29.7 Å². The molecule has 0 fully saturated rings. The van der Waals surface area contributed by atoms with Crippen molar-refractivity contribution in [2.75, 3.05) is 19.7 Å². The Balaban J connectivity index is 1.93. The van der Waals surface area contributed by atoms with Gasteiger partial charge in [0, 0.05) is 13.0 Å². The zero-order valence-electron chi connectivity index (χ0n) is 15.0. The van der Waals surface area contributed by atoms with Gasteiger partial charge in [-0.15, -0.1) is 0 Å². The van der Waals surface area contributed by atoms with Gasteiger partial charge in [0.25, 0.3) is 5.92 Å². The first-order valence-corrected chi connectivity index (χ1v) is 8.26. The number of halogens is 5. The Hall–Kier alpha value is -1.85. The van der Waals surface area contributed by atoms with Crippen LogP contribution in [0.5, 0.6) is 0 Å². The molecule has 0 aliphatic rings. The number of fused-ring (bicyclic) bond motifs is 1. The number of nitrogens with two attached hydrogens (primary N) is 1. The minimum atomic E-state index is -4.46. The smallest absolute Gasteiger partial charge is 0.366 e. The summed E-state index contributed by atoms with van der Waals surface area (Å²) in [7, 11) is 0. The monoisotopic (exact) mass is 395 g/mol. The fourth-order valence-electron chi connectivity index (χ4n) is 2.14. The molecular formula is C16H22F5N5O. The molecule has 11 heteroatoms. The largest absolute Gasteiger partial charge is 0.416 e. The Bertz CT molecular complexity index is 759. The van der Waals surface area contributed by atoms with Crippen molar-refractivity contribution in [2.24, 2.45) is 5.73 Å². The van der Waals surface area contributed by atoms with Crippen LogP contribution in [-0.4, -0.2) is 52.0 Å². The van der Waals surface area contributed by atoms with Gasteiger partial charge in [-0.2, -0.15) is 18.3 Å². The molecule has 3 N–H and O–H groups in total. The summed E-state index contributed by atoms with van der Waals surface area (Å²) in [6.07, 6.45) is -1.20. The van der Waals surface area contributed by atoms with Crippen LogP contribution in [0.2, 0.25) is 0 Å². The SMILES string of the molecule is CC(C)(OCCc1cn2ncc(CNCC(F)(F)CN)cc2n1)C(F)(F)F. The van der Waals surface area contributed by atoms with Crippen LogP contribution < -0.4 is 11.1 Å². The number of nitrogens with zero attached hydrogens (tertiary/aromatic N) is 3. The summed E-state index contributed by atoms with van der Waals surface area (Å²) >= 11 is 0. The summed E-state index contributed by atoms with van der Waals surface area (Å²) in [4.78, 5) is 4.27. The quantitative estimate of drug-likeness (QED) is 0.638. The summed E-state index contributed by atoms with van der Waals surface area (Å²) in [5, 5.41) is 6.71. The number of imidazole rings is 1. The second kappa shape index (κ2) is 8.03. The van der Waals surface area contributed by atoms with Gasteiger partial charge in [0.05, 0.1) is 37.8 Å². The molecule has 2 rings (SSSR count). The number of hydrogen-bond acceptors (Lipinski definition) is 5. The molecule has 0 saturated carbocycles. The first-order valence-electron chi connectivity index (χ1n) is 8.26. The Morgan fingerprint density at radius 2 is 1.93 bits per heavy atom. The number of ether oxygens (including phenoxy) is 1. The average molecular weight is 395 g/mol. The van der Waals surface area contributed by atoms with E-state index in [0.29, 0.717) is 16.9 Å². The third-order valence-electron chi connectivity index (χ3n) is 3.94. The van der Waals surface area contributed by atoms with Crippen molar-refractivity contribution in [1.82, 2.24) is 19.9 Å². The molecule has 27 heavy (non-hydrogen) atoms. The number of nitrogens with one attached hydrogen (secondary N) is 1. The van der Waals surface area contributed by atoms with Crippen LogP contribution in [0.25, 0.3) is 5.65 Å². The third-order valence-corrected chi connectivity index (χ3v) is 3.94. The minimum Gasteiger partial charge on any atom is -0.366 e. The van der Waals surface area contributed by atoms with Gasteiger partial charge >= 0.3 is 6.18 Å². The molecule has 0 saturated heterocycles. The molecule has 0 amide bonds. The minimum absolute atomic E-state index is 0.154. The molecule has 2 aromatic rings. The molecule has 2 aromatic heterocycles. The molecule has 0 spiro atoms. The number of rotatable bonds is 9. The van der Waals surface area contributed by atoms with Crippen LogP contribution in [0, 0.1) is 0 Å². The molecule has 6 nitrogen and oxygen atoms in total. The highest BCUT2D eigenvalue weighted by molar-refractivity contribution is 5.40. The molecule has 0 aromatic carbocycles. The second-order valence-corrected chi connectivity index (χ2v) is 6.67. The van der Waals surface area contributed by atoms with E-state index in [2.05, 4.69) is 15.4 Å². The van der Waals surface area contributed by atoms with Gasteiger partial charge in [-0.3, -0.25) is 0 Å². The van der Waals surface area contributed by atoms with Gasteiger partial charge in [0.15, 0.2) is 11.2 Å². The third kappa shape index (κ3) is 5.81. The van der Waals surface area contributed by atoms with E-state index in [1.54, 1.807) is 12.3 Å². The molecule has 0 atom stereocenters. The number of alkyl halides is 5. The van der Waals surface area contributed by atoms with E-state index in [0.717, 1.165) is 13.8 Å². The number of aromatic nitrogens is 3. The van der Waals surface area contributed by atoms with E-state index in [1.807, 2.05) is 0 Å². The molecule has 0 aliphatic carbocycles. The first-order chi connectivity index (χ1) is 12.4. The van der Waals surface area contributed by atoms with Gasteiger partial charge in [-0.05, 0) is 25.5 Å². The van der Waals surface area contributed by atoms with Crippen molar-refractivity contribution in [3.8, 4) is 0 Å². The maximum absolute atomic E-state index is 13.1. The first kappa shape index (κ1) is 21.5. The topological polar surface area (TPSA) is 77.5 Å². The molecule has 2 heterocycles. The molecule has 0 radical (unpaired) electrons. The van der Waals surface area contributed by atoms with Gasteiger partial charge in [-0.25, -0.2) is 18.3 Å². The molecule has 0 bridgehead atoms. The van der Waals surface area contributed by atoms with E-state index in [1.165, 1.54) is 10.7 Å². The van der Waals surface area contributed by atoms with Crippen LogP contribution in [-0.2, 0) is 17.7 Å². The predicted octanol–water partition coefficient (Wildman–Crippen LogP) is 2.31. The van der Waals surface area contributed by atoms with Crippen molar-refractivity contribution in [1.29, 1.82) is 0 Å². The van der Waals surface area contributed by atoms with Crippen LogP contribution in [0.15, 0.2) is 18.5 Å². The van der Waals surface area contributed by atoms with E-state index in [-0.39, 0.29) is 19.6 Å². The Morgan fingerprint density at radius 3 is 2.56 bits per heavy atom. The maximum atomic E-state index is 13.1. The van der Waals surface area contributed by atoms with Crippen LogP contribution in [0.4, 0.5) is 22.0 Å². The normalized spacial score (nSPS) is 13.5. The highest BCUT2D eigenvalue weighted by atomic mass is 19.4. The highest BCUT2D eigenvalue weighted by Gasteiger charge is 2.48. The van der Waals surface area contributed by atoms with Crippen LogP contribution in [0.3, 0.4) is 0 Å².